The van der Waals surface area contributed by atoms with Gasteiger partial charge in [0.25, 0.3) is 0 Å². The molecule has 0 unspecified atom stereocenters. The van der Waals surface area contributed by atoms with Crippen molar-refractivity contribution in [2.75, 3.05) is 6.61 Å². The van der Waals surface area contributed by atoms with E-state index in [1.165, 1.54) is 5.56 Å². The van der Waals surface area contributed by atoms with Crippen LogP contribution < -0.4 is 10.5 Å². The third-order valence-corrected chi connectivity index (χ3v) is 3.46. The van der Waals surface area contributed by atoms with Crippen molar-refractivity contribution >= 4 is 15.9 Å². The van der Waals surface area contributed by atoms with Gasteiger partial charge in [-0.3, -0.25) is 0 Å². The Morgan fingerprint density at radius 2 is 2.29 bits per heavy atom. The Kier molecular flexibility index (Phi) is 2.79. The Bertz CT molecular complexity index is 351. The van der Waals surface area contributed by atoms with E-state index in [9.17, 15) is 0 Å². The smallest absolute Gasteiger partial charge is 0.125 e. The first-order valence-electron chi connectivity index (χ1n) is 4.87. The fraction of sp³-hybridized carbons (Fsp3) is 0.455. The van der Waals surface area contributed by atoms with Crippen LogP contribution >= 0.6 is 15.9 Å². The van der Waals surface area contributed by atoms with E-state index in [1.54, 1.807) is 0 Å². The number of hydrogen-bond donors (Lipinski definition) is 1. The number of hydrogen-bond acceptors (Lipinski definition) is 2. The minimum absolute atomic E-state index is 0.124. The van der Waals surface area contributed by atoms with E-state index >= 15 is 0 Å². The van der Waals surface area contributed by atoms with Gasteiger partial charge in [0.1, 0.15) is 5.75 Å². The Morgan fingerprint density at radius 1 is 1.50 bits per heavy atom. The Hall–Kier alpha value is -0.540. The monoisotopic (exact) mass is 255 g/mol. The predicted molar refractivity (Wildman–Crippen MR) is 60.5 cm³/mol. The summed E-state index contributed by atoms with van der Waals surface area (Å²) in [4.78, 5) is 0. The summed E-state index contributed by atoms with van der Waals surface area (Å²) in [7, 11) is 0. The molecular weight excluding hydrogens is 242 g/mol. The number of ether oxygens (including phenoxy) is 1. The fourth-order valence-electron chi connectivity index (χ4n) is 1.74. The zero-order valence-electron chi connectivity index (χ0n) is 8.22. The van der Waals surface area contributed by atoms with Crippen LogP contribution in [-0.4, -0.2) is 6.61 Å². The molecule has 1 aliphatic heterocycles. The van der Waals surface area contributed by atoms with Gasteiger partial charge in [-0.05, 0) is 37.5 Å². The lowest BCUT2D eigenvalue weighted by atomic mass is 10.0. The molecule has 2 nitrogen and oxygen atoms in total. The van der Waals surface area contributed by atoms with Gasteiger partial charge >= 0.3 is 0 Å². The van der Waals surface area contributed by atoms with Crippen LogP contribution in [0.25, 0.3) is 0 Å². The number of rotatable bonds is 0. The van der Waals surface area contributed by atoms with E-state index in [2.05, 4.69) is 28.9 Å². The largest absolute Gasteiger partial charge is 0.493 e. The fourth-order valence-corrected chi connectivity index (χ4v) is 2.06. The van der Waals surface area contributed by atoms with Crippen molar-refractivity contribution in [3.63, 3.8) is 0 Å². The standard InChI is InChI=1S/C11H14BrNO/c1-7-5-8-10(13)3-2-4-14-11(8)6-9(7)12/h5-6,10H,2-4,13H2,1H3/t10-/m1/s1. The average Bonchev–Trinajstić information content (AvgIpc) is 2.31. The lowest BCUT2D eigenvalue weighted by Gasteiger charge is -2.13. The Morgan fingerprint density at radius 3 is 3.07 bits per heavy atom. The number of fused-ring (bicyclic) bond motifs is 1. The van der Waals surface area contributed by atoms with Crippen molar-refractivity contribution in [2.45, 2.75) is 25.8 Å². The first-order chi connectivity index (χ1) is 6.68. The van der Waals surface area contributed by atoms with Gasteiger partial charge in [-0.25, -0.2) is 0 Å². The SMILES string of the molecule is Cc1cc2c(cc1Br)OCCC[C@H]2N. The highest BCUT2D eigenvalue weighted by atomic mass is 79.9. The van der Waals surface area contributed by atoms with Gasteiger partial charge in [-0.1, -0.05) is 15.9 Å². The molecule has 0 aromatic heterocycles. The minimum Gasteiger partial charge on any atom is -0.493 e. The molecule has 0 saturated carbocycles. The van der Waals surface area contributed by atoms with E-state index in [-0.39, 0.29) is 6.04 Å². The summed E-state index contributed by atoms with van der Waals surface area (Å²) in [6, 6.07) is 4.27. The first kappa shape index (κ1) is 9.99. The maximum absolute atomic E-state index is 6.07. The van der Waals surface area contributed by atoms with E-state index in [0.717, 1.165) is 35.2 Å². The molecule has 0 amide bonds. The average molecular weight is 256 g/mol. The van der Waals surface area contributed by atoms with Gasteiger partial charge in [0.05, 0.1) is 6.61 Å². The summed E-state index contributed by atoms with van der Waals surface area (Å²) >= 11 is 3.50. The van der Waals surface area contributed by atoms with Crippen LogP contribution in [0.1, 0.15) is 30.0 Å². The topological polar surface area (TPSA) is 35.2 Å². The lowest BCUT2D eigenvalue weighted by molar-refractivity contribution is 0.316. The lowest BCUT2D eigenvalue weighted by Crippen LogP contribution is -2.09. The molecule has 1 aromatic rings. The van der Waals surface area contributed by atoms with Crippen LogP contribution in [-0.2, 0) is 0 Å². The van der Waals surface area contributed by atoms with Gasteiger partial charge in [0.15, 0.2) is 0 Å². The van der Waals surface area contributed by atoms with Gasteiger partial charge in [0, 0.05) is 16.1 Å². The molecule has 76 valence electrons. The van der Waals surface area contributed by atoms with E-state index in [1.807, 2.05) is 6.07 Å². The molecule has 0 saturated heterocycles. The number of aryl methyl sites for hydroxylation is 1. The molecule has 0 bridgehead atoms. The van der Waals surface area contributed by atoms with E-state index < -0.39 is 0 Å². The van der Waals surface area contributed by atoms with Crippen molar-refractivity contribution in [3.05, 3.63) is 27.7 Å². The molecule has 14 heavy (non-hydrogen) atoms. The molecule has 1 atom stereocenters. The molecule has 0 aliphatic carbocycles. The van der Waals surface area contributed by atoms with Crippen molar-refractivity contribution < 1.29 is 4.74 Å². The van der Waals surface area contributed by atoms with E-state index in [4.69, 9.17) is 10.5 Å². The second-order valence-electron chi connectivity index (χ2n) is 3.74. The maximum Gasteiger partial charge on any atom is 0.125 e. The van der Waals surface area contributed by atoms with Crippen molar-refractivity contribution in [3.8, 4) is 5.75 Å². The Balaban J connectivity index is 2.49. The second kappa shape index (κ2) is 3.91. The molecule has 0 radical (unpaired) electrons. The van der Waals surface area contributed by atoms with Crippen LogP contribution in [0.3, 0.4) is 0 Å². The van der Waals surface area contributed by atoms with Gasteiger partial charge in [0.2, 0.25) is 0 Å². The molecule has 2 N–H and O–H groups in total. The second-order valence-corrected chi connectivity index (χ2v) is 4.59. The normalized spacial score (nSPS) is 20.9. The van der Waals surface area contributed by atoms with Crippen molar-refractivity contribution in [1.82, 2.24) is 0 Å². The third kappa shape index (κ3) is 1.79. The summed E-state index contributed by atoms with van der Waals surface area (Å²) in [6.07, 6.45) is 2.04. The molecular formula is C11H14BrNO. The zero-order chi connectivity index (χ0) is 10.1. The predicted octanol–water partition coefficient (Wildman–Crippen LogP) is 2.93. The summed E-state index contributed by atoms with van der Waals surface area (Å²) in [6.45, 7) is 2.85. The highest BCUT2D eigenvalue weighted by molar-refractivity contribution is 9.10. The van der Waals surface area contributed by atoms with Crippen LogP contribution in [0.2, 0.25) is 0 Å². The zero-order valence-corrected chi connectivity index (χ0v) is 9.80. The molecule has 0 spiro atoms. The Labute approximate surface area is 92.6 Å². The molecule has 1 heterocycles. The minimum atomic E-state index is 0.124. The van der Waals surface area contributed by atoms with Gasteiger partial charge < -0.3 is 10.5 Å². The quantitative estimate of drug-likeness (QED) is 0.774. The summed E-state index contributed by atoms with van der Waals surface area (Å²) in [5, 5.41) is 0. The maximum atomic E-state index is 6.07. The first-order valence-corrected chi connectivity index (χ1v) is 5.66. The molecule has 1 aliphatic rings. The van der Waals surface area contributed by atoms with Crippen molar-refractivity contribution in [1.29, 1.82) is 0 Å². The summed E-state index contributed by atoms with van der Waals surface area (Å²) in [5.74, 6) is 0.937. The highest BCUT2D eigenvalue weighted by Crippen LogP contribution is 2.34. The van der Waals surface area contributed by atoms with Crippen LogP contribution in [0.4, 0.5) is 0 Å². The number of benzene rings is 1. The summed E-state index contributed by atoms with van der Waals surface area (Å²) in [5.41, 5.74) is 8.42. The number of halogens is 1. The molecule has 1 aromatic carbocycles. The van der Waals surface area contributed by atoms with Crippen LogP contribution in [0.5, 0.6) is 5.75 Å². The van der Waals surface area contributed by atoms with Crippen molar-refractivity contribution in [2.24, 2.45) is 5.73 Å². The van der Waals surface area contributed by atoms with Gasteiger partial charge in [-0.15, -0.1) is 0 Å². The molecule has 2 rings (SSSR count). The molecule has 0 fully saturated rings. The van der Waals surface area contributed by atoms with Crippen LogP contribution in [0.15, 0.2) is 16.6 Å². The van der Waals surface area contributed by atoms with E-state index in [0.29, 0.717) is 0 Å². The molecule has 3 heteroatoms. The van der Waals surface area contributed by atoms with Crippen LogP contribution in [0, 0.1) is 6.92 Å². The third-order valence-electron chi connectivity index (χ3n) is 2.61. The van der Waals surface area contributed by atoms with Gasteiger partial charge in [-0.2, -0.15) is 0 Å². The summed E-state index contributed by atoms with van der Waals surface area (Å²) < 4.78 is 6.73. The highest BCUT2D eigenvalue weighted by Gasteiger charge is 2.17. The number of nitrogens with two attached hydrogens (primary N) is 1.